The lowest BCUT2D eigenvalue weighted by molar-refractivity contribution is -0.112. The third-order valence-electron chi connectivity index (χ3n) is 3.20. The maximum atomic E-state index is 14.5. The van der Waals surface area contributed by atoms with Gasteiger partial charge in [-0.15, -0.1) is 4.52 Å². The summed E-state index contributed by atoms with van der Waals surface area (Å²) in [5, 5.41) is 9.39. The van der Waals surface area contributed by atoms with Gasteiger partial charge in [0.2, 0.25) is 0 Å². The Labute approximate surface area is 125 Å². The van der Waals surface area contributed by atoms with E-state index in [0.717, 1.165) is 4.57 Å². The Bertz CT molecular complexity index is 617. The molecule has 1 fully saturated rings. The second-order valence-corrected chi connectivity index (χ2v) is 6.40. The van der Waals surface area contributed by atoms with Crippen LogP contribution in [0, 0.1) is 0 Å². The lowest BCUT2D eigenvalue weighted by Gasteiger charge is -2.24. The van der Waals surface area contributed by atoms with Gasteiger partial charge in [0.25, 0.3) is 0 Å². The maximum Gasteiger partial charge on any atom is 0.582 e. The number of nitrogens with zero attached hydrogens (tertiary/aromatic N) is 2. The fourth-order valence-electron chi connectivity index (χ4n) is 2.12. The largest absolute Gasteiger partial charge is 0.582 e. The summed E-state index contributed by atoms with van der Waals surface area (Å²) in [6, 6.07) is 1.31. The summed E-state index contributed by atoms with van der Waals surface area (Å²) >= 11 is 3.57. The van der Waals surface area contributed by atoms with Crippen LogP contribution in [0.1, 0.15) is 13.2 Å². The maximum absolute atomic E-state index is 14.5. The van der Waals surface area contributed by atoms with E-state index in [1.807, 2.05) is 0 Å². The van der Waals surface area contributed by atoms with Gasteiger partial charge in [-0.1, -0.05) is 0 Å². The first-order valence-corrected chi connectivity index (χ1v) is 8.22. The summed E-state index contributed by atoms with van der Waals surface area (Å²) < 4.78 is 36.8. The van der Waals surface area contributed by atoms with Gasteiger partial charge < -0.3 is 15.6 Å². The van der Waals surface area contributed by atoms with E-state index >= 15 is 0 Å². The zero-order chi connectivity index (χ0) is 15.8. The molecule has 8 nitrogen and oxygen atoms in total. The molecule has 0 radical (unpaired) electrons. The minimum absolute atomic E-state index is 0.0131. The molecule has 0 aromatic carbocycles. The predicted molar refractivity (Wildman–Crippen MR) is 74.9 cm³/mol. The Kier molecular flexibility index (Phi) is 4.64. The van der Waals surface area contributed by atoms with Crippen LogP contribution in [-0.2, 0) is 13.8 Å². The second-order valence-electron chi connectivity index (χ2n) is 4.73. The second kappa shape index (κ2) is 5.98. The number of anilines is 1. The number of thiol groups is 1. The first kappa shape index (κ1) is 16.3. The number of aromatic nitrogens is 2. The summed E-state index contributed by atoms with van der Waals surface area (Å²) in [6.45, 7) is 0.787. The predicted octanol–water partition coefficient (Wildman–Crippen LogP) is 0.416. The normalized spacial score (nSPS) is 33.1. The Morgan fingerprint density at radius 1 is 1.76 bits per heavy atom. The number of aliphatic hydroxyl groups excluding tert-OH is 1. The molecular weight excluding hydrogens is 324 g/mol. The van der Waals surface area contributed by atoms with E-state index in [0.29, 0.717) is 0 Å². The molecular formula is C10H14FN3O5PS+. The number of halogens is 1. The summed E-state index contributed by atoms with van der Waals surface area (Å²) in [7, 11) is -2.41. The average molecular weight is 338 g/mol. The van der Waals surface area contributed by atoms with Gasteiger partial charge in [0, 0.05) is 6.20 Å². The van der Waals surface area contributed by atoms with Crippen LogP contribution in [0.5, 0.6) is 0 Å². The van der Waals surface area contributed by atoms with E-state index in [2.05, 4.69) is 17.2 Å². The zero-order valence-electron chi connectivity index (χ0n) is 10.9. The van der Waals surface area contributed by atoms with E-state index in [9.17, 15) is 18.9 Å². The van der Waals surface area contributed by atoms with Crippen LogP contribution in [0.15, 0.2) is 17.1 Å². The van der Waals surface area contributed by atoms with Crippen LogP contribution >= 0.6 is 19.5 Å². The van der Waals surface area contributed by atoms with Gasteiger partial charge in [0.05, 0.1) is 6.61 Å². The number of rotatable bonds is 4. The van der Waals surface area contributed by atoms with Crippen LogP contribution in [0.4, 0.5) is 10.2 Å². The zero-order valence-corrected chi connectivity index (χ0v) is 12.7. The number of nitrogens with two attached hydrogens (primary N) is 1. The molecule has 0 spiro atoms. The molecule has 1 aliphatic heterocycles. The third kappa shape index (κ3) is 3.09. The molecule has 116 valence electrons. The first-order chi connectivity index (χ1) is 9.78. The van der Waals surface area contributed by atoms with Crippen LogP contribution in [0.3, 0.4) is 0 Å². The molecule has 0 amide bonds. The highest BCUT2D eigenvalue weighted by molar-refractivity contribution is 8.39. The molecule has 11 heteroatoms. The molecule has 2 heterocycles. The fraction of sp³-hybridized carbons (Fsp3) is 0.600. The Balaban J connectivity index is 2.38. The van der Waals surface area contributed by atoms with E-state index < -0.39 is 43.6 Å². The topological polar surface area (TPSA) is 117 Å². The molecule has 5 atom stereocenters. The van der Waals surface area contributed by atoms with E-state index in [4.69, 9.17) is 15.0 Å². The summed E-state index contributed by atoms with van der Waals surface area (Å²) in [5.74, 6) is -0.0131. The molecule has 0 bridgehead atoms. The Morgan fingerprint density at radius 2 is 2.43 bits per heavy atom. The van der Waals surface area contributed by atoms with Crippen LogP contribution in [0.25, 0.3) is 0 Å². The number of nitrogen functional groups attached to an aromatic ring is 1. The van der Waals surface area contributed by atoms with E-state index in [1.165, 1.54) is 19.2 Å². The number of ether oxygens (including phenoxy) is 1. The van der Waals surface area contributed by atoms with Crippen molar-refractivity contribution in [2.75, 3.05) is 12.3 Å². The molecule has 21 heavy (non-hydrogen) atoms. The van der Waals surface area contributed by atoms with Gasteiger partial charge in [-0.25, -0.2) is 9.18 Å². The van der Waals surface area contributed by atoms with Crippen molar-refractivity contribution in [2.24, 2.45) is 0 Å². The molecule has 0 saturated carbocycles. The van der Waals surface area contributed by atoms with Gasteiger partial charge in [0.15, 0.2) is 18.5 Å². The van der Waals surface area contributed by atoms with Gasteiger partial charge in [-0.05, 0) is 17.6 Å². The Hall–Kier alpha value is -1.06. The minimum atomic E-state index is -2.41. The van der Waals surface area contributed by atoms with Crippen LogP contribution < -0.4 is 11.4 Å². The molecule has 2 unspecified atom stereocenters. The number of hydrogen-bond acceptors (Lipinski definition) is 7. The van der Waals surface area contributed by atoms with Gasteiger partial charge in [-0.3, -0.25) is 4.57 Å². The standard InChI is InChI=1S/C10H13FN3O5PS/c1-10(4-15)7(19-20(17)21)6(11)8(18-10)14-3-2-5(12)13-9(14)16/h2-3,6-8,15H,4H2,1H3,(H2-,12,13,16,17,21)/p+1/t6?,7-,8-,10-/m1/s1. The summed E-state index contributed by atoms with van der Waals surface area (Å²) in [4.78, 5) is 15.2. The highest BCUT2D eigenvalue weighted by Crippen LogP contribution is 2.45. The molecule has 1 saturated heterocycles. The number of alkyl halides is 1. The minimum Gasteiger partial charge on any atom is -0.393 e. The number of aliphatic hydroxyl groups is 1. The van der Waals surface area contributed by atoms with Crippen molar-refractivity contribution < 1.29 is 23.3 Å². The number of hydrogen-bond donors (Lipinski definition) is 3. The van der Waals surface area contributed by atoms with Gasteiger partial charge >= 0.3 is 12.9 Å². The smallest absolute Gasteiger partial charge is 0.393 e. The van der Waals surface area contributed by atoms with Crippen molar-refractivity contribution in [1.29, 1.82) is 0 Å². The lowest BCUT2D eigenvalue weighted by Crippen LogP contribution is -2.43. The van der Waals surface area contributed by atoms with Crippen molar-refractivity contribution in [3.05, 3.63) is 22.7 Å². The molecule has 1 aliphatic rings. The van der Waals surface area contributed by atoms with Crippen molar-refractivity contribution in [3.63, 3.8) is 0 Å². The monoisotopic (exact) mass is 338 g/mol. The molecule has 0 aliphatic carbocycles. The highest BCUT2D eigenvalue weighted by Gasteiger charge is 2.58. The van der Waals surface area contributed by atoms with E-state index in [-0.39, 0.29) is 5.82 Å². The summed E-state index contributed by atoms with van der Waals surface area (Å²) in [5.41, 5.74) is 3.08. The van der Waals surface area contributed by atoms with Crippen LogP contribution in [0.2, 0.25) is 0 Å². The van der Waals surface area contributed by atoms with Crippen molar-refractivity contribution >= 4 is 25.3 Å². The quantitative estimate of drug-likeness (QED) is 0.538. The fourth-order valence-corrected chi connectivity index (χ4v) is 2.96. The lowest BCUT2D eigenvalue weighted by atomic mass is 9.99. The first-order valence-electron chi connectivity index (χ1n) is 5.89. The third-order valence-corrected chi connectivity index (χ3v) is 3.89. The van der Waals surface area contributed by atoms with Gasteiger partial charge in [-0.2, -0.15) is 4.98 Å². The van der Waals surface area contributed by atoms with Crippen molar-refractivity contribution in [2.45, 2.75) is 31.0 Å². The Morgan fingerprint density at radius 3 is 2.95 bits per heavy atom. The summed E-state index contributed by atoms with van der Waals surface area (Å²) in [6.07, 6.45) is -3.35. The van der Waals surface area contributed by atoms with Crippen molar-refractivity contribution in [3.8, 4) is 0 Å². The van der Waals surface area contributed by atoms with E-state index in [1.54, 1.807) is 0 Å². The average Bonchev–Trinajstić information content (AvgIpc) is 2.64. The van der Waals surface area contributed by atoms with Gasteiger partial charge in [0.1, 0.15) is 23.7 Å². The van der Waals surface area contributed by atoms with Crippen LogP contribution in [-0.4, -0.2) is 39.1 Å². The molecule has 1 aromatic heterocycles. The SMILES string of the molecule is C[C@]1(CO)O[C@@H](n2ccc(N)nc2=O)C(F)[C@H]1O[P+](=O)S. The molecule has 2 rings (SSSR count). The molecule has 3 N–H and O–H groups in total. The van der Waals surface area contributed by atoms with Crippen molar-refractivity contribution in [1.82, 2.24) is 9.55 Å². The molecule has 1 aromatic rings. The highest BCUT2D eigenvalue weighted by atomic mass is 32.7.